The summed E-state index contributed by atoms with van der Waals surface area (Å²) < 4.78 is 23.7. The number of aryl methyl sites for hydroxylation is 1. The number of aliphatic carboxylic acids is 1. The van der Waals surface area contributed by atoms with Gasteiger partial charge in [-0.15, -0.1) is 0 Å². The Kier molecular flexibility index (Phi) is 4.56. The molecule has 0 radical (unpaired) electrons. The topological polar surface area (TPSA) is 131 Å². The maximum absolute atomic E-state index is 12.0. The van der Waals surface area contributed by atoms with Gasteiger partial charge in [0.1, 0.15) is 16.6 Å². The third-order valence-corrected chi connectivity index (χ3v) is 3.64. The molecule has 0 bridgehead atoms. The van der Waals surface area contributed by atoms with Crippen LogP contribution in [0.1, 0.15) is 24.3 Å². The summed E-state index contributed by atoms with van der Waals surface area (Å²) in [5.74, 6) is -2.15. The number of nitrogens with two attached hydrogens (primary N) is 1. The number of amides is 1. The molecule has 1 rings (SSSR count). The molecule has 0 aliphatic heterocycles. The van der Waals surface area contributed by atoms with E-state index in [9.17, 15) is 18.0 Å². The summed E-state index contributed by atoms with van der Waals surface area (Å²) in [6.45, 7) is 3.31. The van der Waals surface area contributed by atoms with Gasteiger partial charge in [0.15, 0.2) is 0 Å². The number of carbonyl (C=O) groups is 2. The molecule has 1 atom stereocenters. The van der Waals surface area contributed by atoms with Gasteiger partial charge in [-0.25, -0.2) is 18.4 Å². The Balaban J connectivity index is 3.04. The first kappa shape index (κ1) is 16.2. The second-order valence-corrected chi connectivity index (χ2v) is 6.31. The number of hydrogen-bond donors (Lipinski definition) is 3. The van der Waals surface area contributed by atoms with Gasteiger partial charge in [0, 0.05) is 13.2 Å². The van der Waals surface area contributed by atoms with Crippen molar-refractivity contribution >= 4 is 21.9 Å². The molecule has 1 amide bonds. The quantitative estimate of drug-likeness (QED) is 0.675. The van der Waals surface area contributed by atoms with Gasteiger partial charge in [-0.05, 0) is 12.0 Å². The molecule has 0 saturated heterocycles. The summed E-state index contributed by atoms with van der Waals surface area (Å²) in [5, 5.41) is 16.3. The maximum Gasteiger partial charge on any atom is 0.326 e. The van der Waals surface area contributed by atoms with E-state index in [-0.39, 0.29) is 16.5 Å². The van der Waals surface area contributed by atoms with E-state index in [0.29, 0.717) is 0 Å². The van der Waals surface area contributed by atoms with Gasteiger partial charge in [-0.3, -0.25) is 4.79 Å². The zero-order valence-corrected chi connectivity index (χ0v) is 12.1. The molecule has 0 spiro atoms. The first-order valence-corrected chi connectivity index (χ1v) is 7.31. The summed E-state index contributed by atoms with van der Waals surface area (Å²) in [4.78, 5) is 22.8. The average molecular weight is 303 g/mol. The van der Waals surface area contributed by atoms with E-state index in [1.807, 2.05) is 0 Å². The Morgan fingerprint density at radius 1 is 1.40 bits per heavy atom. The molecular weight excluding hydrogens is 286 g/mol. The maximum atomic E-state index is 12.0. The van der Waals surface area contributed by atoms with Gasteiger partial charge in [0.2, 0.25) is 10.0 Å². The number of primary sulfonamides is 1. The van der Waals surface area contributed by atoms with Crippen LogP contribution >= 0.6 is 0 Å². The smallest absolute Gasteiger partial charge is 0.326 e. The third-order valence-electron chi connectivity index (χ3n) is 2.76. The molecule has 8 nitrogen and oxygen atoms in total. The van der Waals surface area contributed by atoms with Crippen molar-refractivity contribution in [2.45, 2.75) is 24.8 Å². The molecule has 0 fully saturated rings. The highest BCUT2D eigenvalue weighted by Crippen LogP contribution is 2.12. The number of nitrogens with zero attached hydrogens (tertiary/aromatic N) is 1. The van der Waals surface area contributed by atoms with E-state index in [4.69, 9.17) is 10.2 Å². The minimum atomic E-state index is -3.92. The van der Waals surface area contributed by atoms with Crippen molar-refractivity contribution in [2.75, 3.05) is 0 Å². The number of sulfonamides is 1. The number of carbonyl (C=O) groups excluding carboxylic acids is 1. The van der Waals surface area contributed by atoms with Crippen molar-refractivity contribution in [3.63, 3.8) is 0 Å². The van der Waals surface area contributed by atoms with Gasteiger partial charge >= 0.3 is 5.97 Å². The number of carboxylic acid groups (broad SMARTS) is 1. The van der Waals surface area contributed by atoms with Crippen molar-refractivity contribution < 1.29 is 23.1 Å². The standard InChI is InChI=1S/C11H17N3O5S/c1-6(2)9(11(16)17)13-10(15)8-4-7(5-14(8)3)20(12,18)19/h4-6,9H,1-3H3,(H,13,15)(H,16,17)(H2,12,18,19)/t9-/m0/s1. The molecule has 0 unspecified atom stereocenters. The van der Waals surface area contributed by atoms with Gasteiger partial charge in [0.25, 0.3) is 5.91 Å². The molecule has 0 saturated carbocycles. The summed E-state index contributed by atoms with van der Waals surface area (Å²) in [6.07, 6.45) is 1.19. The van der Waals surface area contributed by atoms with Crippen molar-refractivity contribution in [1.82, 2.24) is 9.88 Å². The molecule has 9 heteroatoms. The molecule has 0 aromatic carbocycles. The fourth-order valence-electron chi connectivity index (χ4n) is 1.64. The molecule has 1 heterocycles. The number of hydrogen-bond acceptors (Lipinski definition) is 4. The Labute approximate surface area is 116 Å². The van der Waals surface area contributed by atoms with E-state index in [0.717, 1.165) is 6.07 Å². The first-order valence-electron chi connectivity index (χ1n) is 5.77. The van der Waals surface area contributed by atoms with Crippen molar-refractivity contribution in [1.29, 1.82) is 0 Å². The Morgan fingerprint density at radius 2 is 1.95 bits per heavy atom. The monoisotopic (exact) mass is 303 g/mol. The summed E-state index contributed by atoms with van der Waals surface area (Å²) in [5.41, 5.74) is 0.0147. The molecule has 20 heavy (non-hydrogen) atoms. The average Bonchev–Trinajstić information content (AvgIpc) is 2.66. The zero-order valence-electron chi connectivity index (χ0n) is 11.3. The highest BCUT2D eigenvalue weighted by atomic mass is 32.2. The predicted octanol–water partition coefficient (Wildman–Crippen LogP) is -0.488. The fraction of sp³-hybridized carbons (Fsp3) is 0.455. The van der Waals surface area contributed by atoms with Gasteiger partial charge in [-0.1, -0.05) is 13.8 Å². The van der Waals surface area contributed by atoms with Crippen LogP contribution in [0.3, 0.4) is 0 Å². The van der Waals surface area contributed by atoms with Crippen LogP contribution in [-0.4, -0.2) is 36.0 Å². The Hall–Kier alpha value is -1.87. The summed E-state index contributed by atoms with van der Waals surface area (Å²) >= 11 is 0. The van der Waals surface area contributed by atoms with Crippen LogP contribution in [0.15, 0.2) is 17.2 Å². The Morgan fingerprint density at radius 3 is 2.30 bits per heavy atom. The van der Waals surface area contributed by atoms with Crippen molar-refractivity contribution in [3.05, 3.63) is 18.0 Å². The van der Waals surface area contributed by atoms with Crippen LogP contribution in [0, 0.1) is 5.92 Å². The highest BCUT2D eigenvalue weighted by Gasteiger charge is 2.26. The van der Waals surface area contributed by atoms with E-state index in [1.54, 1.807) is 13.8 Å². The zero-order chi connectivity index (χ0) is 15.7. The number of rotatable bonds is 5. The lowest BCUT2D eigenvalue weighted by molar-refractivity contribution is -0.140. The highest BCUT2D eigenvalue weighted by molar-refractivity contribution is 7.89. The lowest BCUT2D eigenvalue weighted by Gasteiger charge is -2.17. The van der Waals surface area contributed by atoms with E-state index in [2.05, 4.69) is 5.32 Å². The van der Waals surface area contributed by atoms with E-state index in [1.165, 1.54) is 17.8 Å². The van der Waals surface area contributed by atoms with Crippen LogP contribution in [0.2, 0.25) is 0 Å². The molecule has 0 aliphatic carbocycles. The molecule has 112 valence electrons. The molecule has 0 aliphatic rings. The minimum Gasteiger partial charge on any atom is -0.480 e. The number of aromatic nitrogens is 1. The van der Waals surface area contributed by atoms with Crippen molar-refractivity contribution in [2.24, 2.45) is 18.1 Å². The van der Waals surface area contributed by atoms with Crippen LogP contribution in [0.5, 0.6) is 0 Å². The second-order valence-electron chi connectivity index (χ2n) is 4.75. The largest absolute Gasteiger partial charge is 0.480 e. The number of nitrogens with one attached hydrogen (secondary N) is 1. The minimum absolute atomic E-state index is 0.0147. The van der Waals surface area contributed by atoms with Gasteiger partial charge in [-0.2, -0.15) is 0 Å². The molecule has 1 aromatic heterocycles. The number of carboxylic acids is 1. The first-order chi connectivity index (χ1) is 9.04. The van der Waals surface area contributed by atoms with Gasteiger partial charge in [0.05, 0.1) is 0 Å². The van der Waals surface area contributed by atoms with E-state index >= 15 is 0 Å². The van der Waals surface area contributed by atoms with E-state index < -0.39 is 27.9 Å². The summed E-state index contributed by atoms with van der Waals surface area (Å²) in [7, 11) is -2.45. The lowest BCUT2D eigenvalue weighted by atomic mass is 10.0. The van der Waals surface area contributed by atoms with Crippen LogP contribution in [0.4, 0.5) is 0 Å². The van der Waals surface area contributed by atoms with Crippen LogP contribution in [0.25, 0.3) is 0 Å². The fourth-order valence-corrected chi connectivity index (χ4v) is 2.23. The van der Waals surface area contributed by atoms with Crippen molar-refractivity contribution in [3.8, 4) is 0 Å². The molecular formula is C11H17N3O5S. The SMILES string of the molecule is CC(C)[C@H](NC(=O)c1cc(S(N)(=O)=O)cn1C)C(=O)O. The van der Waals surface area contributed by atoms with Crippen LogP contribution in [-0.2, 0) is 21.9 Å². The Bertz CT molecular complexity index is 632. The van der Waals surface area contributed by atoms with Crippen LogP contribution < -0.4 is 10.5 Å². The lowest BCUT2D eigenvalue weighted by Crippen LogP contribution is -2.44. The van der Waals surface area contributed by atoms with Gasteiger partial charge < -0.3 is 15.0 Å². The summed E-state index contributed by atoms with van der Waals surface area (Å²) in [6, 6.07) is 0.0412. The second kappa shape index (κ2) is 5.63. The normalized spacial score (nSPS) is 13.2. The predicted molar refractivity (Wildman–Crippen MR) is 70.5 cm³/mol. The molecule has 1 aromatic rings. The third kappa shape index (κ3) is 3.58. The molecule has 4 N–H and O–H groups in total.